The highest BCUT2D eigenvalue weighted by atomic mass is 16.5. The SMILES string of the molecule is CCOC(=O)CC(c1ccccc1)n1nnnc1C(NC(c1ccccc1)c1ccccc1)C(C)C. The van der Waals surface area contributed by atoms with Gasteiger partial charge in [-0.2, -0.15) is 0 Å². The van der Waals surface area contributed by atoms with Gasteiger partial charge in [-0.1, -0.05) is 105 Å². The van der Waals surface area contributed by atoms with Crippen LogP contribution in [0.1, 0.15) is 67.8 Å². The first-order chi connectivity index (χ1) is 17.6. The summed E-state index contributed by atoms with van der Waals surface area (Å²) >= 11 is 0. The van der Waals surface area contributed by atoms with E-state index in [-0.39, 0.29) is 36.4 Å². The average molecular weight is 484 g/mol. The number of carbonyl (C=O) groups excluding carboxylic acids is 1. The lowest BCUT2D eigenvalue weighted by molar-refractivity contribution is -0.143. The molecule has 0 bridgehead atoms. The molecular weight excluding hydrogens is 450 g/mol. The number of benzene rings is 3. The second-order valence-corrected chi connectivity index (χ2v) is 9.06. The molecule has 0 aliphatic heterocycles. The van der Waals surface area contributed by atoms with Crippen LogP contribution in [0, 0.1) is 5.92 Å². The van der Waals surface area contributed by atoms with Crippen molar-refractivity contribution in [1.29, 1.82) is 0 Å². The molecular formula is C29H33N5O2. The van der Waals surface area contributed by atoms with Gasteiger partial charge in [-0.05, 0) is 40.0 Å². The largest absolute Gasteiger partial charge is 0.466 e. The monoisotopic (exact) mass is 483 g/mol. The highest BCUT2D eigenvalue weighted by Crippen LogP contribution is 2.31. The fourth-order valence-corrected chi connectivity index (χ4v) is 4.45. The first-order valence-electron chi connectivity index (χ1n) is 12.4. The van der Waals surface area contributed by atoms with E-state index in [1.54, 1.807) is 4.68 Å². The molecule has 186 valence electrons. The minimum Gasteiger partial charge on any atom is -0.466 e. The Balaban J connectivity index is 1.73. The number of nitrogens with one attached hydrogen (secondary N) is 1. The van der Waals surface area contributed by atoms with E-state index in [4.69, 9.17) is 4.74 Å². The Morgan fingerprint density at radius 3 is 1.89 bits per heavy atom. The first-order valence-corrected chi connectivity index (χ1v) is 12.4. The Morgan fingerprint density at radius 1 is 0.861 bits per heavy atom. The summed E-state index contributed by atoms with van der Waals surface area (Å²) in [6, 6.07) is 29.9. The molecule has 1 heterocycles. The van der Waals surface area contributed by atoms with Crippen molar-refractivity contribution in [2.24, 2.45) is 5.92 Å². The van der Waals surface area contributed by atoms with Gasteiger partial charge in [0, 0.05) is 0 Å². The molecule has 0 saturated carbocycles. The summed E-state index contributed by atoms with van der Waals surface area (Å²) < 4.78 is 7.06. The van der Waals surface area contributed by atoms with Crippen LogP contribution >= 0.6 is 0 Å². The van der Waals surface area contributed by atoms with E-state index < -0.39 is 0 Å². The topological polar surface area (TPSA) is 81.9 Å². The average Bonchev–Trinajstić information content (AvgIpc) is 3.38. The van der Waals surface area contributed by atoms with E-state index in [9.17, 15) is 4.79 Å². The molecule has 0 amide bonds. The third-order valence-corrected chi connectivity index (χ3v) is 6.22. The smallest absolute Gasteiger partial charge is 0.308 e. The lowest BCUT2D eigenvalue weighted by Gasteiger charge is -2.30. The van der Waals surface area contributed by atoms with Gasteiger partial charge < -0.3 is 4.74 Å². The van der Waals surface area contributed by atoms with Crippen LogP contribution in [-0.2, 0) is 9.53 Å². The van der Waals surface area contributed by atoms with Crippen LogP contribution in [-0.4, -0.2) is 32.8 Å². The van der Waals surface area contributed by atoms with Crippen LogP contribution in [0.3, 0.4) is 0 Å². The summed E-state index contributed by atoms with van der Waals surface area (Å²) in [5.41, 5.74) is 3.25. The molecule has 0 fully saturated rings. The maximum absolute atomic E-state index is 12.6. The van der Waals surface area contributed by atoms with Crippen LogP contribution in [0.15, 0.2) is 91.0 Å². The van der Waals surface area contributed by atoms with Crippen molar-refractivity contribution in [3.8, 4) is 0 Å². The molecule has 2 atom stereocenters. The molecule has 0 aliphatic rings. The molecule has 3 aromatic carbocycles. The normalized spacial score (nSPS) is 13.0. The van der Waals surface area contributed by atoms with Crippen molar-refractivity contribution < 1.29 is 9.53 Å². The van der Waals surface area contributed by atoms with Gasteiger partial charge in [0.05, 0.1) is 31.2 Å². The van der Waals surface area contributed by atoms with Crippen LogP contribution in [0.4, 0.5) is 0 Å². The molecule has 36 heavy (non-hydrogen) atoms. The van der Waals surface area contributed by atoms with E-state index in [1.807, 2.05) is 73.7 Å². The van der Waals surface area contributed by atoms with Crippen molar-refractivity contribution in [2.75, 3.05) is 6.61 Å². The Hall–Kier alpha value is -3.84. The zero-order valence-corrected chi connectivity index (χ0v) is 21.0. The van der Waals surface area contributed by atoms with E-state index in [1.165, 1.54) is 0 Å². The third kappa shape index (κ3) is 6.04. The molecule has 2 unspecified atom stereocenters. The summed E-state index contributed by atoms with van der Waals surface area (Å²) in [4.78, 5) is 12.6. The fourth-order valence-electron chi connectivity index (χ4n) is 4.45. The lowest BCUT2D eigenvalue weighted by Crippen LogP contribution is -2.34. The van der Waals surface area contributed by atoms with Crippen LogP contribution in [0.2, 0.25) is 0 Å². The van der Waals surface area contributed by atoms with Gasteiger partial charge in [-0.3, -0.25) is 10.1 Å². The summed E-state index contributed by atoms with van der Waals surface area (Å²) in [7, 11) is 0. The zero-order valence-electron chi connectivity index (χ0n) is 21.0. The zero-order chi connectivity index (χ0) is 25.3. The molecule has 0 saturated heterocycles. The quantitative estimate of drug-likeness (QED) is 0.292. The Labute approximate surface area is 212 Å². The lowest BCUT2D eigenvalue weighted by atomic mass is 9.94. The molecule has 0 radical (unpaired) electrons. The van der Waals surface area contributed by atoms with Gasteiger partial charge in [-0.25, -0.2) is 4.68 Å². The van der Waals surface area contributed by atoms with E-state index in [0.29, 0.717) is 12.4 Å². The van der Waals surface area contributed by atoms with Crippen molar-refractivity contribution in [1.82, 2.24) is 25.5 Å². The third-order valence-electron chi connectivity index (χ3n) is 6.22. The summed E-state index contributed by atoms with van der Waals surface area (Å²) in [6.45, 7) is 6.43. The Kier molecular flexibility index (Phi) is 8.57. The van der Waals surface area contributed by atoms with E-state index in [2.05, 4.69) is 59.0 Å². The number of rotatable bonds is 11. The van der Waals surface area contributed by atoms with Crippen molar-refractivity contribution in [2.45, 2.75) is 45.3 Å². The second-order valence-electron chi connectivity index (χ2n) is 9.06. The molecule has 0 aliphatic carbocycles. The fraction of sp³-hybridized carbons (Fsp3) is 0.310. The molecule has 7 nitrogen and oxygen atoms in total. The van der Waals surface area contributed by atoms with Gasteiger partial charge in [0.15, 0.2) is 5.82 Å². The standard InChI is InChI=1S/C29H33N5O2/c1-4-36-26(35)20-25(22-14-8-5-9-15-22)34-29(31-32-33-34)27(21(2)3)30-28(23-16-10-6-11-17-23)24-18-12-7-13-19-24/h5-19,21,25,27-28,30H,4,20H2,1-3H3. The Morgan fingerprint density at radius 2 is 1.39 bits per heavy atom. The highest BCUT2D eigenvalue weighted by Gasteiger charge is 2.31. The molecule has 1 aromatic heterocycles. The van der Waals surface area contributed by atoms with Crippen molar-refractivity contribution in [3.05, 3.63) is 114 Å². The van der Waals surface area contributed by atoms with Gasteiger partial charge in [0.25, 0.3) is 0 Å². The Bertz CT molecular complexity index is 1170. The molecule has 4 aromatic rings. The summed E-state index contributed by atoms with van der Waals surface area (Å²) in [5, 5.41) is 16.7. The number of ether oxygens (including phenoxy) is 1. The van der Waals surface area contributed by atoms with Crippen molar-refractivity contribution >= 4 is 5.97 Å². The summed E-state index contributed by atoms with van der Waals surface area (Å²) in [5.74, 6) is 0.567. The number of nitrogens with zero attached hydrogens (tertiary/aromatic N) is 4. The number of hydrogen-bond donors (Lipinski definition) is 1. The summed E-state index contributed by atoms with van der Waals surface area (Å²) in [6.07, 6.45) is 0.140. The first kappa shape index (κ1) is 25.3. The molecule has 0 spiro atoms. The molecule has 7 heteroatoms. The van der Waals surface area contributed by atoms with Gasteiger partial charge >= 0.3 is 5.97 Å². The van der Waals surface area contributed by atoms with Crippen LogP contribution in [0.25, 0.3) is 0 Å². The number of hydrogen-bond acceptors (Lipinski definition) is 6. The predicted molar refractivity (Wildman–Crippen MR) is 139 cm³/mol. The predicted octanol–water partition coefficient (Wildman–Crippen LogP) is 5.29. The van der Waals surface area contributed by atoms with E-state index >= 15 is 0 Å². The number of aromatic nitrogens is 4. The van der Waals surface area contributed by atoms with Gasteiger partial charge in [0.2, 0.25) is 0 Å². The maximum atomic E-state index is 12.6. The number of esters is 1. The number of tetrazole rings is 1. The van der Waals surface area contributed by atoms with E-state index in [0.717, 1.165) is 16.7 Å². The van der Waals surface area contributed by atoms with Gasteiger partial charge in [0.1, 0.15) is 0 Å². The number of carbonyl (C=O) groups is 1. The van der Waals surface area contributed by atoms with Crippen LogP contribution < -0.4 is 5.32 Å². The second kappa shape index (κ2) is 12.2. The van der Waals surface area contributed by atoms with Crippen molar-refractivity contribution in [3.63, 3.8) is 0 Å². The molecule has 1 N–H and O–H groups in total. The highest BCUT2D eigenvalue weighted by molar-refractivity contribution is 5.70. The molecule has 4 rings (SSSR count). The maximum Gasteiger partial charge on any atom is 0.308 e. The minimum atomic E-state index is -0.384. The minimum absolute atomic E-state index is 0.0646. The van der Waals surface area contributed by atoms with Gasteiger partial charge in [-0.15, -0.1) is 5.10 Å². The van der Waals surface area contributed by atoms with Crippen LogP contribution in [0.5, 0.6) is 0 Å².